The quantitative estimate of drug-likeness (QED) is 0.0262. The van der Waals surface area contributed by atoms with Crippen molar-refractivity contribution in [2.45, 2.75) is 213 Å². The Labute approximate surface area is 405 Å². The summed E-state index contributed by atoms with van der Waals surface area (Å²) in [6.07, 6.45) is 74.6. The van der Waals surface area contributed by atoms with Crippen LogP contribution in [-0.4, -0.2) is 37.2 Å². The largest absolute Gasteiger partial charge is 0.462 e. The summed E-state index contributed by atoms with van der Waals surface area (Å²) in [5.41, 5.74) is 0. The van der Waals surface area contributed by atoms with E-state index < -0.39 is 12.1 Å². The molecule has 0 aromatic rings. The molecule has 0 aromatic heterocycles. The molecule has 0 aliphatic rings. The Kier molecular flexibility index (Phi) is 49.6. The third-order valence-electron chi connectivity index (χ3n) is 10.4. The zero-order chi connectivity index (χ0) is 47.9. The molecule has 0 rings (SSSR count). The van der Waals surface area contributed by atoms with Crippen molar-refractivity contribution in [1.82, 2.24) is 0 Å². The van der Waals surface area contributed by atoms with Crippen molar-refractivity contribution in [3.8, 4) is 0 Å². The summed E-state index contributed by atoms with van der Waals surface area (Å²) >= 11 is 0. The predicted molar refractivity (Wildman–Crippen MR) is 283 cm³/mol. The smallest absolute Gasteiger partial charge is 0.310 e. The van der Waals surface area contributed by atoms with Gasteiger partial charge in [-0.05, 0) is 116 Å². The van der Waals surface area contributed by atoms with Gasteiger partial charge < -0.3 is 14.2 Å². The Morgan fingerprint density at radius 3 is 1.02 bits per heavy atom. The molecule has 0 saturated heterocycles. The van der Waals surface area contributed by atoms with E-state index in [0.29, 0.717) is 19.3 Å². The minimum absolute atomic E-state index is 0.0850. The van der Waals surface area contributed by atoms with Gasteiger partial charge in [-0.1, -0.05) is 206 Å². The van der Waals surface area contributed by atoms with Crippen LogP contribution in [0.2, 0.25) is 0 Å². The summed E-state index contributed by atoms with van der Waals surface area (Å²) in [5, 5.41) is 0. The van der Waals surface area contributed by atoms with Gasteiger partial charge in [-0.3, -0.25) is 14.4 Å². The van der Waals surface area contributed by atoms with Crippen LogP contribution in [0.1, 0.15) is 207 Å². The fraction of sp³-hybridized carbons (Fsp3) is 0.583. The van der Waals surface area contributed by atoms with Crippen LogP contribution >= 0.6 is 0 Å². The highest BCUT2D eigenvalue weighted by molar-refractivity contribution is 5.72. The first-order valence-corrected chi connectivity index (χ1v) is 26.2. The molecule has 66 heavy (non-hydrogen) atoms. The first-order chi connectivity index (χ1) is 32.5. The number of carbonyl (C=O) groups excluding carboxylic acids is 3. The highest BCUT2D eigenvalue weighted by Crippen LogP contribution is 2.12. The van der Waals surface area contributed by atoms with E-state index in [-0.39, 0.29) is 31.6 Å². The van der Waals surface area contributed by atoms with Crippen molar-refractivity contribution in [3.05, 3.63) is 134 Å². The molecule has 0 fully saturated rings. The van der Waals surface area contributed by atoms with Gasteiger partial charge in [-0.2, -0.15) is 0 Å². The van der Waals surface area contributed by atoms with Crippen molar-refractivity contribution in [2.24, 2.45) is 0 Å². The standard InChI is InChI=1S/C60H94O6/c1-4-7-10-13-16-19-22-25-27-28-29-30-31-32-34-35-38-41-44-47-50-53-59(62)65-56-57(55-64-58(61)52-49-46-43-40-37-24-21-18-15-12-9-6-3)66-60(63)54-51-48-45-42-39-36-33-26-23-20-17-14-11-8-5-2/h7-8,10-11,16-21,25-27,29-30,32-34,39,42,48,51,57H,4-6,9,12-15,22-24,28,31,35-38,40-41,43-47,49-50,52-56H2,1-3H3/b10-7-,11-8-,19-16-,20-17-,21-18-,27-25-,30-29-,33-26-,34-32-,42-39-,51-48-. The average molecular weight is 911 g/mol. The summed E-state index contributed by atoms with van der Waals surface area (Å²) in [4.78, 5) is 37.9. The highest BCUT2D eigenvalue weighted by atomic mass is 16.6. The average Bonchev–Trinajstić information content (AvgIpc) is 3.31. The third-order valence-corrected chi connectivity index (χ3v) is 10.4. The molecule has 1 atom stereocenters. The molecular formula is C60H94O6. The summed E-state index contributed by atoms with van der Waals surface area (Å²) in [6, 6.07) is 0. The molecule has 6 heteroatoms. The molecule has 0 bridgehead atoms. The van der Waals surface area contributed by atoms with Gasteiger partial charge in [0.2, 0.25) is 0 Å². The molecule has 0 N–H and O–H groups in total. The SMILES string of the molecule is CC/C=C\C/C=C\C/C=C\C/C=C\C/C=C\CCCCCCCC(=O)OCC(COC(=O)CCCCCCC/C=C\CCCCC)OC(=O)C/C=C\C/C=C\C/C=C\C/C=C\C/C=C\CC. The van der Waals surface area contributed by atoms with Crippen LogP contribution in [-0.2, 0) is 28.6 Å². The Hall–Kier alpha value is -4.45. The number of hydrogen-bond donors (Lipinski definition) is 0. The first kappa shape index (κ1) is 61.5. The number of unbranched alkanes of at least 4 members (excludes halogenated alkanes) is 13. The Balaban J connectivity index is 4.54. The number of hydrogen-bond acceptors (Lipinski definition) is 6. The van der Waals surface area contributed by atoms with E-state index in [4.69, 9.17) is 14.2 Å². The van der Waals surface area contributed by atoms with Gasteiger partial charge in [0.05, 0.1) is 6.42 Å². The molecule has 6 nitrogen and oxygen atoms in total. The van der Waals surface area contributed by atoms with E-state index in [1.54, 1.807) is 6.08 Å². The molecule has 0 aliphatic carbocycles. The molecule has 0 radical (unpaired) electrons. The maximum Gasteiger partial charge on any atom is 0.310 e. The second kappa shape index (κ2) is 53.2. The molecule has 0 aliphatic heterocycles. The molecule has 1 unspecified atom stereocenters. The van der Waals surface area contributed by atoms with Crippen molar-refractivity contribution >= 4 is 17.9 Å². The molecule has 0 spiro atoms. The number of ether oxygens (including phenoxy) is 3. The van der Waals surface area contributed by atoms with Gasteiger partial charge in [0, 0.05) is 12.8 Å². The normalized spacial score (nSPS) is 13.2. The monoisotopic (exact) mass is 911 g/mol. The zero-order valence-corrected chi connectivity index (χ0v) is 42.1. The van der Waals surface area contributed by atoms with E-state index in [2.05, 4.69) is 142 Å². The van der Waals surface area contributed by atoms with E-state index in [0.717, 1.165) is 128 Å². The van der Waals surface area contributed by atoms with Crippen molar-refractivity contribution in [2.75, 3.05) is 13.2 Å². The second-order valence-corrected chi connectivity index (χ2v) is 16.7. The van der Waals surface area contributed by atoms with Gasteiger partial charge in [0.1, 0.15) is 13.2 Å². The van der Waals surface area contributed by atoms with Gasteiger partial charge in [0.25, 0.3) is 0 Å². The lowest BCUT2D eigenvalue weighted by Crippen LogP contribution is -2.30. The minimum Gasteiger partial charge on any atom is -0.462 e. The van der Waals surface area contributed by atoms with Gasteiger partial charge in [-0.25, -0.2) is 0 Å². The molecule has 0 heterocycles. The maximum atomic E-state index is 12.7. The zero-order valence-electron chi connectivity index (χ0n) is 42.1. The molecule has 370 valence electrons. The summed E-state index contributed by atoms with van der Waals surface area (Å²) in [5.74, 6) is -1.10. The predicted octanol–water partition coefficient (Wildman–Crippen LogP) is 17.5. The molecule has 0 amide bonds. The topological polar surface area (TPSA) is 78.9 Å². The lowest BCUT2D eigenvalue weighted by atomic mass is 10.1. The summed E-state index contributed by atoms with van der Waals surface area (Å²) < 4.78 is 16.7. The third kappa shape index (κ3) is 50.5. The fourth-order valence-corrected chi connectivity index (χ4v) is 6.54. The number of rotatable bonds is 45. The Morgan fingerprint density at radius 1 is 0.333 bits per heavy atom. The van der Waals surface area contributed by atoms with E-state index in [1.165, 1.54) is 32.1 Å². The molecule has 0 aromatic carbocycles. The van der Waals surface area contributed by atoms with E-state index >= 15 is 0 Å². The van der Waals surface area contributed by atoms with Crippen molar-refractivity contribution in [1.29, 1.82) is 0 Å². The summed E-state index contributed by atoms with van der Waals surface area (Å²) in [7, 11) is 0. The van der Waals surface area contributed by atoms with Gasteiger partial charge in [0.15, 0.2) is 6.10 Å². The minimum atomic E-state index is -0.848. The van der Waals surface area contributed by atoms with Crippen LogP contribution in [0.4, 0.5) is 0 Å². The fourth-order valence-electron chi connectivity index (χ4n) is 6.54. The molecular weight excluding hydrogens is 817 g/mol. The van der Waals surface area contributed by atoms with Crippen LogP contribution in [0.25, 0.3) is 0 Å². The number of carbonyl (C=O) groups is 3. The van der Waals surface area contributed by atoms with Crippen LogP contribution in [0, 0.1) is 0 Å². The van der Waals surface area contributed by atoms with Crippen LogP contribution in [0.3, 0.4) is 0 Å². The van der Waals surface area contributed by atoms with Crippen LogP contribution in [0.15, 0.2) is 134 Å². The first-order valence-electron chi connectivity index (χ1n) is 26.2. The van der Waals surface area contributed by atoms with Crippen LogP contribution in [0.5, 0.6) is 0 Å². The van der Waals surface area contributed by atoms with Gasteiger partial charge >= 0.3 is 17.9 Å². The van der Waals surface area contributed by atoms with Crippen LogP contribution < -0.4 is 0 Å². The molecule has 0 saturated carbocycles. The Morgan fingerprint density at radius 2 is 0.636 bits per heavy atom. The summed E-state index contributed by atoms with van der Waals surface area (Å²) in [6.45, 7) is 6.25. The lowest BCUT2D eigenvalue weighted by Gasteiger charge is -2.18. The number of esters is 3. The van der Waals surface area contributed by atoms with Crippen molar-refractivity contribution in [3.63, 3.8) is 0 Å². The number of allylic oxidation sites excluding steroid dienone is 21. The van der Waals surface area contributed by atoms with Crippen molar-refractivity contribution < 1.29 is 28.6 Å². The lowest BCUT2D eigenvalue weighted by molar-refractivity contribution is -0.166. The maximum absolute atomic E-state index is 12.7. The Bertz CT molecular complexity index is 1460. The highest BCUT2D eigenvalue weighted by Gasteiger charge is 2.19. The second-order valence-electron chi connectivity index (χ2n) is 16.7. The van der Waals surface area contributed by atoms with E-state index in [1.807, 2.05) is 6.08 Å². The van der Waals surface area contributed by atoms with Gasteiger partial charge in [-0.15, -0.1) is 0 Å². The van der Waals surface area contributed by atoms with E-state index in [9.17, 15) is 14.4 Å².